The highest BCUT2D eigenvalue weighted by atomic mass is 19.4. The Morgan fingerprint density at radius 3 is 0.924 bits per heavy atom. The van der Waals surface area contributed by atoms with Gasteiger partial charge in [-0.15, -0.1) is 0 Å². The predicted octanol–water partition coefficient (Wildman–Crippen LogP) is 14.4. The minimum absolute atomic E-state index is 0.0989. The van der Waals surface area contributed by atoms with Crippen molar-refractivity contribution in [2.45, 2.75) is 87.9 Å². The van der Waals surface area contributed by atoms with Gasteiger partial charge in [-0.3, -0.25) is 15.0 Å². The third-order valence-electron chi connectivity index (χ3n) is 12.1. The maximum absolute atomic E-state index is 14.2. The molecule has 5 nitrogen and oxygen atoms in total. The first-order chi connectivity index (χ1) is 36.0. The molecule has 0 fully saturated rings. The van der Waals surface area contributed by atoms with Crippen molar-refractivity contribution < 1.29 is 120 Å². The summed E-state index contributed by atoms with van der Waals surface area (Å²) in [5, 5.41) is 12.5. The number of rotatable bonds is 14. The fourth-order valence-electron chi connectivity index (χ4n) is 8.49. The van der Waals surface area contributed by atoms with Gasteiger partial charge in [0.2, 0.25) is 18.9 Å². The van der Waals surface area contributed by atoms with Crippen molar-refractivity contribution >= 4 is 38.8 Å². The number of benzene rings is 5. The van der Waals surface area contributed by atoms with E-state index in [0.29, 0.717) is 13.0 Å². The molecule has 0 N–H and O–H groups in total. The second-order valence-corrected chi connectivity index (χ2v) is 17.7. The number of unbranched alkanes of at least 4 members (excludes halogenated alkanes) is 5. The molecular weight excluding hydrogens is 1130 g/mol. The fraction of sp³-hybridized carbons (Fsp3) is 0.327. The van der Waals surface area contributed by atoms with E-state index < -0.39 is 195 Å². The largest absolute Gasteiger partial charge is 0.416 e. The van der Waals surface area contributed by atoms with Gasteiger partial charge in [0.1, 0.15) is 6.15 Å². The minimum Gasteiger partial charge on any atom is -0.271 e. The van der Waals surface area contributed by atoms with Crippen molar-refractivity contribution in [3.63, 3.8) is 0 Å². The summed E-state index contributed by atoms with van der Waals surface area (Å²) in [7, 11) is 0. The minimum atomic E-state index is -6.13. The van der Waals surface area contributed by atoms with Crippen molar-refractivity contribution in [2.24, 2.45) is 0 Å². The summed E-state index contributed by atoms with van der Waals surface area (Å²) in [5.74, 6) is 0. The first-order valence-corrected chi connectivity index (χ1v) is 22.5. The lowest BCUT2D eigenvalue weighted by Crippen LogP contribution is -2.75. The zero-order valence-corrected chi connectivity index (χ0v) is 39.4. The molecule has 0 atom stereocenters. The molecule has 0 aliphatic heterocycles. The zero-order valence-electron chi connectivity index (χ0n) is 39.4. The average molecular weight is 1170 g/mol. The third kappa shape index (κ3) is 16.1. The second-order valence-electron chi connectivity index (χ2n) is 17.7. The van der Waals surface area contributed by atoms with E-state index in [1.165, 1.54) is 5.39 Å². The normalized spacial score (nSPS) is 13.3. The summed E-state index contributed by atoms with van der Waals surface area (Å²) in [6.07, 6.45) is -45.0. The molecule has 1 aromatic heterocycles. The Morgan fingerprint density at radius 2 is 0.646 bits per heavy atom. The maximum atomic E-state index is 14.2. The van der Waals surface area contributed by atoms with E-state index in [2.05, 4.69) is 12.1 Å². The van der Waals surface area contributed by atoms with Crippen LogP contribution in [0.3, 0.4) is 0 Å². The summed E-state index contributed by atoms with van der Waals surface area (Å²) in [5.41, 5.74) is -30.2. The smallest absolute Gasteiger partial charge is 0.271 e. The Hall–Kier alpha value is -6.91. The monoisotopic (exact) mass is 1170 g/mol. The molecule has 6 rings (SSSR count). The molecule has 0 saturated heterocycles. The molecule has 0 bridgehead atoms. The van der Waals surface area contributed by atoms with Gasteiger partial charge in [-0.1, -0.05) is 79.6 Å². The molecule has 5 aromatic carbocycles. The summed E-state index contributed by atoms with van der Waals surface area (Å²) in [6, 6.07) is 1.43. The molecule has 430 valence electrons. The number of hydrogen-bond donors (Lipinski definition) is 0. The number of nitrogens with zero attached hydrogens (tertiary/aromatic N) is 2. The van der Waals surface area contributed by atoms with Gasteiger partial charge in [-0.2, -0.15) is 127 Å². The van der Waals surface area contributed by atoms with E-state index in [1.807, 2.05) is 30.6 Å². The van der Waals surface area contributed by atoms with Gasteiger partial charge in [0.05, 0.1) is 49.9 Å². The van der Waals surface area contributed by atoms with E-state index in [0.717, 1.165) is 37.5 Å². The number of hydrogen-bond acceptors (Lipinski definition) is 3. The lowest BCUT2D eigenvalue weighted by atomic mass is 9.12. The van der Waals surface area contributed by atoms with Crippen molar-refractivity contribution in [3.8, 4) is 0 Å². The molecule has 0 radical (unpaired) electrons. The maximum Gasteiger partial charge on any atom is 0.416 e. The number of fused-ring (bicyclic) bond motifs is 1. The Bertz CT molecular complexity index is 2660. The Balaban J connectivity index is 0.000000433. The number of pyridine rings is 1. The van der Waals surface area contributed by atoms with E-state index in [4.69, 9.17) is 4.84 Å². The molecular formula is C49H35BF24N2O3. The first kappa shape index (κ1) is 62.9. The van der Waals surface area contributed by atoms with Gasteiger partial charge < -0.3 is 0 Å². The van der Waals surface area contributed by atoms with Gasteiger partial charge in [-0.25, -0.2) is 0 Å². The van der Waals surface area contributed by atoms with Crippen LogP contribution < -0.4 is 31.4 Å². The summed E-state index contributed by atoms with van der Waals surface area (Å²) in [4.78, 5) is 15.6. The summed E-state index contributed by atoms with van der Waals surface area (Å²) >= 11 is 0. The van der Waals surface area contributed by atoms with Gasteiger partial charge in [-0.05, 0) is 55.0 Å². The SMILES string of the molecule is FC(F)(F)c1cc([B-](c2cc(C(F)(F)F)cc(C(F)(F)F)c2)(c2cc(C(F)(F)F)cc(C(F)(F)F)c2)c2cc(C(F)(F)F)cc(C(F)(F)F)c2)cc(C(F)(F)F)c1.O=[N+]([O-])CCCCCCCCO[n+]1ccc2ccccc2c1. The highest BCUT2D eigenvalue weighted by Crippen LogP contribution is 2.41. The average Bonchev–Trinajstić information content (AvgIpc) is 3.50. The topological polar surface area (TPSA) is 56.3 Å². The van der Waals surface area contributed by atoms with Crippen LogP contribution in [0.1, 0.15) is 83.0 Å². The third-order valence-corrected chi connectivity index (χ3v) is 12.1. The molecule has 0 saturated carbocycles. The van der Waals surface area contributed by atoms with Crippen molar-refractivity contribution in [3.05, 3.63) is 170 Å². The number of halogens is 24. The van der Waals surface area contributed by atoms with Gasteiger partial charge in [0, 0.05) is 22.1 Å². The van der Waals surface area contributed by atoms with E-state index in [9.17, 15) is 115 Å². The molecule has 6 aromatic rings. The summed E-state index contributed by atoms with van der Waals surface area (Å²) in [6.45, 7) is 0.791. The molecule has 0 aliphatic carbocycles. The lowest BCUT2D eigenvalue weighted by molar-refractivity contribution is -0.890. The number of nitro groups is 1. The van der Waals surface area contributed by atoms with Crippen molar-refractivity contribution in [2.75, 3.05) is 13.2 Å². The van der Waals surface area contributed by atoms with Gasteiger partial charge >= 0.3 is 49.4 Å². The van der Waals surface area contributed by atoms with Crippen LogP contribution in [0.5, 0.6) is 0 Å². The molecule has 0 amide bonds. The van der Waals surface area contributed by atoms with Crippen LogP contribution in [0.15, 0.2) is 116 Å². The van der Waals surface area contributed by atoms with Crippen molar-refractivity contribution in [1.29, 1.82) is 0 Å². The highest BCUT2D eigenvalue weighted by molar-refractivity contribution is 7.20. The van der Waals surface area contributed by atoms with Gasteiger partial charge in [0.15, 0.2) is 6.61 Å². The standard InChI is InChI=1S/C32H12BF24.C17H23N2O3/c34-25(35,36)13-1-14(26(37,38)39)6-21(5-13)33(22-7-15(27(40,41)42)2-16(8-22)28(43,44)45,23-9-17(29(46,47)48)3-18(10-23)30(49,50)51)24-11-19(31(52,53)54)4-20(12-24)32(55,56)57;20-19(21)12-7-3-1-2-4-8-14-22-18-13-11-16-9-5-6-10-17(16)15-18/h1-12H;5-6,9-11,13,15H,1-4,7-8,12,14H2/q-1;+1. The van der Waals surface area contributed by atoms with Crippen LogP contribution in [-0.2, 0) is 49.4 Å². The number of aromatic nitrogens is 1. The van der Waals surface area contributed by atoms with Crippen LogP contribution in [0, 0.1) is 10.1 Å². The second kappa shape index (κ2) is 23.1. The van der Waals surface area contributed by atoms with E-state index in [1.54, 1.807) is 4.73 Å². The quantitative estimate of drug-likeness (QED) is 0.0273. The Morgan fingerprint density at radius 1 is 0.380 bits per heavy atom. The predicted molar refractivity (Wildman–Crippen MR) is 235 cm³/mol. The highest BCUT2D eigenvalue weighted by Gasteiger charge is 2.47. The Kier molecular flexibility index (Phi) is 18.4. The van der Waals surface area contributed by atoms with Crippen LogP contribution in [-0.4, -0.2) is 24.2 Å². The van der Waals surface area contributed by atoms with Crippen LogP contribution in [0.2, 0.25) is 0 Å². The van der Waals surface area contributed by atoms with Crippen molar-refractivity contribution in [1.82, 2.24) is 0 Å². The summed E-state index contributed by atoms with van der Waals surface area (Å²) < 4.78 is 343. The van der Waals surface area contributed by atoms with E-state index in [-0.39, 0.29) is 11.5 Å². The molecule has 30 heteroatoms. The zero-order chi connectivity index (χ0) is 59.5. The fourth-order valence-corrected chi connectivity index (χ4v) is 8.49. The van der Waals surface area contributed by atoms with Gasteiger partial charge in [0.25, 0.3) is 0 Å². The van der Waals surface area contributed by atoms with E-state index >= 15 is 0 Å². The Labute approximate surface area is 429 Å². The molecule has 1 heterocycles. The van der Waals surface area contributed by atoms with Crippen LogP contribution >= 0.6 is 0 Å². The molecule has 0 unspecified atom stereocenters. The first-order valence-electron chi connectivity index (χ1n) is 22.5. The molecule has 0 spiro atoms. The van der Waals surface area contributed by atoms with Crippen LogP contribution in [0.25, 0.3) is 10.8 Å². The molecule has 0 aliphatic rings. The molecule has 79 heavy (non-hydrogen) atoms. The number of alkyl halides is 24. The van der Waals surface area contributed by atoms with Crippen LogP contribution in [0.4, 0.5) is 105 Å². The lowest BCUT2D eigenvalue weighted by Gasteiger charge is -2.46.